The molecule has 1 saturated heterocycles. The van der Waals surface area contributed by atoms with Crippen LogP contribution in [0, 0.1) is 10.1 Å². The molecule has 1 N–H and O–H groups in total. The van der Waals surface area contributed by atoms with Crippen LogP contribution < -0.4 is 10.2 Å². The number of rotatable bonds is 6. The Morgan fingerprint density at radius 2 is 2.36 bits per heavy atom. The third kappa shape index (κ3) is 4.15. The summed E-state index contributed by atoms with van der Waals surface area (Å²) in [5.41, 5.74) is 2.32. The fourth-order valence-electron chi connectivity index (χ4n) is 2.13. The van der Waals surface area contributed by atoms with E-state index in [-0.39, 0.29) is 17.5 Å². The number of carbonyl (C=O) groups excluding carboxylic acids is 1. The Labute approximate surface area is 147 Å². The lowest BCUT2D eigenvalue weighted by atomic mass is 10.2. The summed E-state index contributed by atoms with van der Waals surface area (Å²) in [5, 5.41) is 18.5. The second-order valence-electron chi connectivity index (χ2n) is 5.34. The zero-order valence-electron chi connectivity index (χ0n) is 13.3. The van der Waals surface area contributed by atoms with Crippen LogP contribution in [0.1, 0.15) is 16.1 Å². The van der Waals surface area contributed by atoms with Crippen molar-refractivity contribution in [2.45, 2.75) is 6.10 Å². The van der Waals surface area contributed by atoms with Gasteiger partial charge in [0.2, 0.25) is 5.69 Å². The minimum atomic E-state index is -0.748. The number of aryl methyl sites for hydroxylation is 1. The molecule has 0 bridgehead atoms. The average Bonchev–Trinajstić information content (AvgIpc) is 2.94. The highest BCUT2D eigenvalue weighted by Crippen LogP contribution is 2.24. The van der Waals surface area contributed by atoms with Gasteiger partial charge in [0.05, 0.1) is 11.1 Å². The first kappa shape index (κ1) is 17.0. The zero-order chi connectivity index (χ0) is 17.8. The number of carbonyl (C=O) groups is 1. The van der Waals surface area contributed by atoms with Gasteiger partial charge in [-0.05, 0) is 17.7 Å². The van der Waals surface area contributed by atoms with Crippen LogP contribution in [-0.2, 0) is 7.05 Å². The molecule has 1 aromatic heterocycles. The normalized spacial score (nSPS) is 14.3. The number of hydrogen-bond acceptors (Lipinski definition) is 7. The van der Waals surface area contributed by atoms with Gasteiger partial charge < -0.3 is 4.74 Å². The molecule has 0 unspecified atom stereocenters. The number of ether oxygens (including phenoxy) is 1. The van der Waals surface area contributed by atoms with Crippen molar-refractivity contribution < 1.29 is 14.5 Å². The zero-order valence-corrected chi connectivity index (χ0v) is 14.1. The highest BCUT2D eigenvalue weighted by atomic mass is 32.2. The molecule has 2 aromatic rings. The number of hydrazone groups is 1. The number of hydrogen-bond donors (Lipinski definition) is 1. The molecular weight excluding hydrogens is 346 g/mol. The largest absolute Gasteiger partial charge is 0.489 e. The highest BCUT2D eigenvalue weighted by molar-refractivity contribution is 8.00. The minimum absolute atomic E-state index is 0.238. The molecule has 2 heterocycles. The lowest BCUT2D eigenvalue weighted by molar-refractivity contribution is -0.385. The van der Waals surface area contributed by atoms with E-state index in [9.17, 15) is 14.9 Å². The molecule has 0 spiro atoms. The van der Waals surface area contributed by atoms with Crippen LogP contribution in [-0.4, -0.2) is 44.4 Å². The Hall–Kier alpha value is -2.88. The van der Waals surface area contributed by atoms with Crippen LogP contribution in [0.2, 0.25) is 0 Å². The van der Waals surface area contributed by atoms with Crippen molar-refractivity contribution in [3.8, 4) is 5.75 Å². The standard InChI is InChI=1S/C15H15N5O4S/c1-19-7-13(20(22)23)14(18-19)15(21)17-16-6-10-3-2-4-11(5-10)24-12-8-25-9-12/h2-7,12H,8-9H2,1H3,(H,17,21)/b16-6+. The SMILES string of the molecule is Cn1cc([N+](=O)[O-])c(C(=O)N/N=C/c2cccc(OC3CSC3)c2)n1. The van der Waals surface area contributed by atoms with E-state index in [1.807, 2.05) is 30.0 Å². The fourth-order valence-corrected chi connectivity index (χ4v) is 2.70. The summed E-state index contributed by atoms with van der Waals surface area (Å²) in [6.07, 6.45) is 2.84. The van der Waals surface area contributed by atoms with Gasteiger partial charge in [0.1, 0.15) is 18.1 Å². The number of nitrogens with zero attached hydrogens (tertiary/aromatic N) is 4. The van der Waals surface area contributed by atoms with Crippen molar-refractivity contribution in [3.05, 3.63) is 51.8 Å². The van der Waals surface area contributed by atoms with Crippen LogP contribution in [0.25, 0.3) is 0 Å². The Balaban J connectivity index is 1.63. The van der Waals surface area contributed by atoms with Crippen molar-refractivity contribution in [2.75, 3.05) is 11.5 Å². The number of aromatic nitrogens is 2. The smallest absolute Gasteiger partial charge is 0.320 e. The van der Waals surface area contributed by atoms with E-state index >= 15 is 0 Å². The van der Waals surface area contributed by atoms with Gasteiger partial charge in [-0.3, -0.25) is 19.6 Å². The van der Waals surface area contributed by atoms with Gasteiger partial charge >= 0.3 is 5.69 Å². The summed E-state index contributed by atoms with van der Waals surface area (Å²) >= 11 is 1.83. The molecule has 1 aliphatic heterocycles. The van der Waals surface area contributed by atoms with Crippen molar-refractivity contribution in [3.63, 3.8) is 0 Å². The lowest BCUT2D eigenvalue weighted by Crippen LogP contribution is -2.31. The summed E-state index contributed by atoms with van der Waals surface area (Å²) < 4.78 is 6.98. The fraction of sp³-hybridized carbons (Fsp3) is 0.267. The quantitative estimate of drug-likeness (QED) is 0.475. The van der Waals surface area contributed by atoms with Crippen LogP contribution >= 0.6 is 11.8 Å². The average molecular weight is 361 g/mol. The minimum Gasteiger partial charge on any atom is -0.489 e. The first-order valence-corrected chi connectivity index (χ1v) is 8.54. The molecule has 0 atom stereocenters. The Bertz CT molecular complexity index is 831. The molecule has 1 fully saturated rings. The molecule has 10 heteroatoms. The topological polar surface area (TPSA) is 112 Å². The number of amides is 1. The third-order valence-corrected chi connectivity index (χ3v) is 4.58. The molecule has 25 heavy (non-hydrogen) atoms. The molecule has 0 saturated carbocycles. The maximum Gasteiger partial charge on any atom is 0.320 e. The molecule has 130 valence electrons. The number of benzene rings is 1. The first-order chi connectivity index (χ1) is 12.0. The van der Waals surface area contributed by atoms with Crippen molar-refractivity contribution >= 4 is 29.6 Å². The molecule has 1 amide bonds. The van der Waals surface area contributed by atoms with Gasteiger partial charge in [-0.2, -0.15) is 22.0 Å². The summed E-state index contributed by atoms with van der Waals surface area (Å²) in [6.45, 7) is 0. The van der Waals surface area contributed by atoms with Gasteiger partial charge in [0, 0.05) is 18.6 Å². The monoisotopic (exact) mass is 361 g/mol. The van der Waals surface area contributed by atoms with Crippen LogP contribution in [0.15, 0.2) is 35.6 Å². The Morgan fingerprint density at radius 1 is 1.56 bits per heavy atom. The third-order valence-electron chi connectivity index (χ3n) is 3.37. The molecule has 0 aliphatic carbocycles. The Kier molecular flexibility index (Phi) is 4.98. The lowest BCUT2D eigenvalue weighted by Gasteiger charge is -2.25. The maximum absolute atomic E-state index is 12.0. The van der Waals surface area contributed by atoms with Crippen LogP contribution in [0.4, 0.5) is 5.69 Å². The van der Waals surface area contributed by atoms with E-state index in [4.69, 9.17) is 4.74 Å². The van der Waals surface area contributed by atoms with Crippen LogP contribution in [0.3, 0.4) is 0 Å². The van der Waals surface area contributed by atoms with Gasteiger partial charge in [-0.25, -0.2) is 5.43 Å². The van der Waals surface area contributed by atoms with Crippen molar-refractivity contribution in [2.24, 2.45) is 12.1 Å². The van der Waals surface area contributed by atoms with E-state index < -0.39 is 10.8 Å². The first-order valence-electron chi connectivity index (χ1n) is 7.39. The number of nitrogens with one attached hydrogen (secondary N) is 1. The number of thioether (sulfide) groups is 1. The summed E-state index contributed by atoms with van der Waals surface area (Å²) in [4.78, 5) is 22.2. The summed E-state index contributed by atoms with van der Waals surface area (Å²) in [6, 6.07) is 7.30. The van der Waals surface area contributed by atoms with E-state index in [0.717, 1.165) is 29.0 Å². The molecule has 0 radical (unpaired) electrons. The molecule has 3 rings (SSSR count). The molecular formula is C15H15N5O4S. The van der Waals surface area contributed by atoms with E-state index in [1.54, 1.807) is 6.07 Å². The Morgan fingerprint density at radius 3 is 3.04 bits per heavy atom. The second-order valence-corrected chi connectivity index (χ2v) is 6.42. The maximum atomic E-state index is 12.0. The van der Waals surface area contributed by atoms with Crippen molar-refractivity contribution in [1.29, 1.82) is 0 Å². The molecule has 1 aliphatic rings. The highest BCUT2D eigenvalue weighted by Gasteiger charge is 2.24. The summed E-state index contributed by atoms with van der Waals surface area (Å²) in [5.74, 6) is 1.96. The van der Waals surface area contributed by atoms with Crippen LogP contribution in [0.5, 0.6) is 5.75 Å². The second kappa shape index (κ2) is 7.34. The van der Waals surface area contributed by atoms with Gasteiger partial charge in [-0.15, -0.1) is 0 Å². The van der Waals surface area contributed by atoms with E-state index in [0.29, 0.717) is 0 Å². The van der Waals surface area contributed by atoms with Gasteiger partial charge in [-0.1, -0.05) is 12.1 Å². The van der Waals surface area contributed by atoms with E-state index in [1.165, 1.54) is 17.9 Å². The summed E-state index contributed by atoms with van der Waals surface area (Å²) in [7, 11) is 1.50. The predicted molar refractivity (Wildman–Crippen MR) is 93.1 cm³/mol. The number of nitro groups is 1. The van der Waals surface area contributed by atoms with Crippen molar-refractivity contribution in [1.82, 2.24) is 15.2 Å². The van der Waals surface area contributed by atoms with E-state index in [2.05, 4.69) is 15.6 Å². The van der Waals surface area contributed by atoms with Gasteiger partial charge in [0.25, 0.3) is 5.91 Å². The molecule has 1 aromatic carbocycles. The predicted octanol–water partition coefficient (Wildman–Crippen LogP) is 1.59. The van der Waals surface area contributed by atoms with Gasteiger partial charge in [0.15, 0.2) is 0 Å². The molecule has 9 nitrogen and oxygen atoms in total.